The standard InChI is InChI=1S/C19H19Cl2N3O4S/c1-11-4-3-5-14(8-11)27-10-17(25)23-24-19(29)22-18(26)12(2)28-16-7-6-13(20)9-15(16)21/h3-9,12H,10H2,1-2H3,(H,23,25)(H2,22,24,26,29). The van der Waals surface area contributed by atoms with Gasteiger partial charge in [0.05, 0.1) is 5.02 Å². The number of halogens is 2. The quantitative estimate of drug-likeness (QED) is 0.457. The van der Waals surface area contributed by atoms with Gasteiger partial charge in [-0.15, -0.1) is 0 Å². The van der Waals surface area contributed by atoms with Crippen molar-refractivity contribution in [1.82, 2.24) is 16.2 Å². The van der Waals surface area contributed by atoms with Gasteiger partial charge in [0.15, 0.2) is 17.8 Å². The molecule has 0 radical (unpaired) electrons. The van der Waals surface area contributed by atoms with E-state index in [1.54, 1.807) is 24.3 Å². The molecule has 1 unspecified atom stereocenters. The molecule has 0 aliphatic carbocycles. The number of ether oxygens (including phenoxy) is 2. The minimum Gasteiger partial charge on any atom is -0.484 e. The van der Waals surface area contributed by atoms with Gasteiger partial charge in [-0.3, -0.25) is 25.8 Å². The number of aryl methyl sites for hydroxylation is 1. The third-order valence-corrected chi connectivity index (χ3v) is 4.21. The molecular formula is C19H19Cl2N3O4S. The van der Waals surface area contributed by atoms with E-state index in [2.05, 4.69) is 16.2 Å². The highest BCUT2D eigenvalue weighted by Gasteiger charge is 2.17. The number of nitrogens with one attached hydrogen (secondary N) is 3. The number of hydrazine groups is 1. The van der Waals surface area contributed by atoms with Gasteiger partial charge in [0.25, 0.3) is 11.8 Å². The molecule has 0 heterocycles. The van der Waals surface area contributed by atoms with Crippen molar-refractivity contribution in [1.29, 1.82) is 0 Å². The van der Waals surface area contributed by atoms with Gasteiger partial charge < -0.3 is 9.47 Å². The predicted molar refractivity (Wildman–Crippen MR) is 115 cm³/mol. The number of hydrogen-bond acceptors (Lipinski definition) is 5. The Morgan fingerprint density at radius 2 is 1.90 bits per heavy atom. The van der Waals surface area contributed by atoms with Crippen LogP contribution in [0.15, 0.2) is 42.5 Å². The Bertz CT molecular complexity index is 911. The van der Waals surface area contributed by atoms with Gasteiger partial charge in [-0.1, -0.05) is 35.3 Å². The number of benzene rings is 2. The van der Waals surface area contributed by atoms with E-state index < -0.39 is 17.9 Å². The highest BCUT2D eigenvalue weighted by Crippen LogP contribution is 2.28. The topological polar surface area (TPSA) is 88.7 Å². The van der Waals surface area contributed by atoms with Gasteiger partial charge >= 0.3 is 0 Å². The van der Waals surface area contributed by atoms with E-state index in [-0.39, 0.29) is 16.7 Å². The van der Waals surface area contributed by atoms with Gasteiger partial charge in [-0.2, -0.15) is 0 Å². The summed E-state index contributed by atoms with van der Waals surface area (Å²) in [5, 5.41) is 3.03. The summed E-state index contributed by atoms with van der Waals surface area (Å²) in [5.74, 6) is -0.124. The maximum Gasteiger partial charge on any atom is 0.276 e. The molecule has 3 N–H and O–H groups in total. The van der Waals surface area contributed by atoms with Crippen molar-refractivity contribution in [3.63, 3.8) is 0 Å². The minimum atomic E-state index is -0.895. The number of hydrogen-bond donors (Lipinski definition) is 3. The van der Waals surface area contributed by atoms with Crippen LogP contribution >= 0.6 is 35.4 Å². The molecule has 2 aromatic carbocycles. The zero-order valence-corrected chi connectivity index (χ0v) is 18.0. The van der Waals surface area contributed by atoms with Gasteiger partial charge in [0.1, 0.15) is 11.5 Å². The fourth-order valence-electron chi connectivity index (χ4n) is 2.08. The van der Waals surface area contributed by atoms with Crippen LogP contribution in [0.4, 0.5) is 0 Å². The molecule has 10 heteroatoms. The Morgan fingerprint density at radius 1 is 1.14 bits per heavy atom. The zero-order valence-electron chi connectivity index (χ0n) is 15.6. The maximum absolute atomic E-state index is 12.2. The molecule has 0 aromatic heterocycles. The minimum absolute atomic E-state index is 0.100. The zero-order chi connectivity index (χ0) is 21.4. The highest BCUT2D eigenvalue weighted by molar-refractivity contribution is 7.80. The number of carbonyl (C=O) groups excluding carboxylic acids is 2. The molecule has 0 aliphatic rings. The molecule has 2 amide bonds. The number of thiocarbonyl (C=S) groups is 1. The summed E-state index contributed by atoms with van der Waals surface area (Å²) in [6.45, 7) is 3.22. The van der Waals surface area contributed by atoms with Crippen LogP contribution in [-0.4, -0.2) is 29.6 Å². The Morgan fingerprint density at radius 3 is 2.59 bits per heavy atom. The Balaban J connectivity index is 1.73. The van der Waals surface area contributed by atoms with Crippen molar-refractivity contribution in [2.75, 3.05) is 6.61 Å². The summed E-state index contributed by atoms with van der Waals surface area (Å²) >= 11 is 16.8. The summed E-state index contributed by atoms with van der Waals surface area (Å²) in [6, 6.07) is 11.9. The molecule has 0 saturated heterocycles. The molecule has 1 atom stereocenters. The van der Waals surface area contributed by atoms with Crippen LogP contribution < -0.4 is 25.6 Å². The molecule has 29 heavy (non-hydrogen) atoms. The van der Waals surface area contributed by atoms with Crippen LogP contribution in [0.25, 0.3) is 0 Å². The SMILES string of the molecule is Cc1cccc(OCC(=O)NNC(=S)NC(=O)C(C)Oc2ccc(Cl)cc2Cl)c1. The largest absolute Gasteiger partial charge is 0.484 e. The molecule has 0 aliphatic heterocycles. The average Bonchev–Trinajstić information content (AvgIpc) is 2.67. The first-order valence-electron chi connectivity index (χ1n) is 8.45. The molecule has 0 saturated carbocycles. The van der Waals surface area contributed by atoms with Gasteiger partial charge in [-0.25, -0.2) is 0 Å². The molecule has 0 spiro atoms. The average molecular weight is 456 g/mol. The van der Waals surface area contributed by atoms with E-state index in [1.165, 1.54) is 13.0 Å². The summed E-state index contributed by atoms with van der Waals surface area (Å²) < 4.78 is 10.8. The maximum atomic E-state index is 12.2. The fourth-order valence-corrected chi connectivity index (χ4v) is 2.68. The molecule has 0 bridgehead atoms. The second kappa shape index (κ2) is 10.8. The van der Waals surface area contributed by atoms with Gasteiger partial charge in [-0.05, 0) is 62.0 Å². The van der Waals surface area contributed by atoms with Crippen LogP contribution in [0.1, 0.15) is 12.5 Å². The Labute approximate surface area is 183 Å². The smallest absolute Gasteiger partial charge is 0.276 e. The van der Waals surface area contributed by atoms with Crippen LogP contribution in [0, 0.1) is 6.92 Å². The van der Waals surface area contributed by atoms with E-state index in [0.29, 0.717) is 16.5 Å². The first kappa shape index (κ1) is 22.7. The van der Waals surface area contributed by atoms with E-state index in [0.717, 1.165) is 5.56 Å². The normalized spacial score (nSPS) is 11.2. The predicted octanol–water partition coefficient (Wildman–Crippen LogP) is 3.17. The summed E-state index contributed by atoms with van der Waals surface area (Å²) in [5.41, 5.74) is 5.76. The highest BCUT2D eigenvalue weighted by atomic mass is 35.5. The van der Waals surface area contributed by atoms with Crippen LogP contribution in [0.5, 0.6) is 11.5 Å². The van der Waals surface area contributed by atoms with Crippen LogP contribution in [-0.2, 0) is 9.59 Å². The molecular weight excluding hydrogens is 437 g/mol. The van der Waals surface area contributed by atoms with Crippen molar-refractivity contribution in [2.24, 2.45) is 0 Å². The van der Waals surface area contributed by atoms with Gasteiger partial charge in [0, 0.05) is 5.02 Å². The van der Waals surface area contributed by atoms with E-state index >= 15 is 0 Å². The Hall–Kier alpha value is -2.55. The van der Waals surface area contributed by atoms with E-state index in [4.69, 9.17) is 44.9 Å². The molecule has 2 aromatic rings. The monoisotopic (exact) mass is 455 g/mol. The van der Waals surface area contributed by atoms with Crippen molar-refractivity contribution >= 4 is 52.3 Å². The van der Waals surface area contributed by atoms with Crippen molar-refractivity contribution in [3.8, 4) is 11.5 Å². The lowest BCUT2D eigenvalue weighted by Gasteiger charge is -2.17. The van der Waals surface area contributed by atoms with Gasteiger partial charge in [0.2, 0.25) is 0 Å². The number of carbonyl (C=O) groups is 2. The second-order valence-electron chi connectivity index (χ2n) is 5.93. The number of rotatable bonds is 6. The lowest BCUT2D eigenvalue weighted by Crippen LogP contribution is -2.51. The lowest BCUT2D eigenvalue weighted by molar-refractivity contribution is -0.126. The first-order chi connectivity index (χ1) is 13.7. The summed E-state index contributed by atoms with van der Waals surface area (Å²) in [6.07, 6.45) is -0.895. The number of amides is 2. The second-order valence-corrected chi connectivity index (χ2v) is 7.18. The Kier molecular flexibility index (Phi) is 8.50. The lowest BCUT2D eigenvalue weighted by atomic mass is 10.2. The van der Waals surface area contributed by atoms with Crippen LogP contribution in [0.2, 0.25) is 10.0 Å². The molecule has 154 valence electrons. The van der Waals surface area contributed by atoms with E-state index in [1.807, 2.05) is 19.1 Å². The first-order valence-corrected chi connectivity index (χ1v) is 9.62. The van der Waals surface area contributed by atoms with Crippen molar-refractivity contribution in [3.05, 3.63) is 58.1 Å². The van der Waals surface area contributed by atoms with E-state index in [9.17, 15) is 9.59 Å². The van der Waals surface area contributed by atoms with Crippen LogP contribution in [0.3, 0.4) is 0 Å². The van der Waals surface area contributed by atoms with Crippen molar-refractivity contribution in [2.45, 2.75) is 20.0 Å². The van der Waals surface area contributed by atoms with Crippen molar-refractivity contribution < 1.29 is 19.1 Å². The third-order valence-electron chi connectivity index (χ3n) is 3.48. The molecule has 2 rings (SSSR count). The molecule has 0 fully saturated rings. The third kappa shape index (κ3) is 7.77. The fraction of sp³-hybridized carbons (Fsp3) is 0.211. The summed E-state index contributed by atoms with van der Waals surface area (Å²) in [7, 11) is 0. The summed E-state index contributed by atoms with van der Waals surface area (Å²) in [4.78, 5) is 24.0. The molecule has 7 nitrogen and oxygen atoms in total.